The first-order valence-electron chi connectivity index (χ1n) is 9.20. The standard InChI is InChI=1S/C20H26N4O2S/c1-13(2)9-14(3)24(17-5-6-18-16(10-17)7-8-21-18)20(25)12-27-11-19-22-15(4)26-23-19/h5-8,10,13-14,21H,9,11-12H2,1-4H3. The smallest absolute Gasteiger partial charge is 0.237 e. The van der Waals surface area contributed by atoms with Crippen LogP contribution in [0, 0.1) is 12.8 Å². The first-order valence-corrected chi connectivity index (χ1v) is 10.4. The Morgan fingerprint density at radius 1 is 1.30 bits per heavy atom. The molecule has 0 saturated heterocycles. The van der Waals surface area contributed by atoms with Crippen LogP contribution in [-0.4, -0.2) is 32.8 Å². The molecule has 1 amide bonds. The summed E-state index contributed by atoms with van der Waals surface area (Å²) in [5.74, 6) is 2.72. The van der Waals surface area contributed by atoms with E-state index in [1.54, 1.807) is 6.92 Å². The number of nitrogens with zero attached hydrogens (tertiary/aromatic N) is 3. The summed E-state index contributed by atoms with van der Waals surface area (Å²) in [6.07, 6.45) is 2.87. The lowest BCUT2D eigenvalue weighted by Crippen LogP contribution is -2.40. The zero-order chi connectivity index (χ0) is 19.4. The first-order chi connectivity index (χ1) is 12.9. The van der Waals surface area contributed by atoms with E-state index in [9.17, 15) is 4.79 Å². The van der Waals surface area contributed by atoms with Gasteiger partial charge < -0.3 is 14.4 Å². The number of nitrogens with one attached hydrogen (secondary N) is 1. The second-order valence-electron chi connectivity index (χ2n) is 7.21. The molecule has 1 atom stereocenters. The zero-order valence-electron chi connectivity index (χ0n) is 16.2. The van der Waals surface area contributed by atoms with Crippen LogP contribution >= 0.6 is 11.8 Å². The maximum atomic E-state index is 13.1. The number of aromatic nitrogens is 3. The molecule has 144 valence electrons. The van der Waals surface area contributed by atoms with Gasteiger partial charge in [-0.25, -0.2) is 0 Å². The molecule has 6 nitrogen and oxygen atoms in total. The Balaban J connectivity index is 1.74. The number of aromatic amines is 1. The third-order valence-electron chi connectivity index (χ3n) is 4.36. The van der Waals surface area contributed by atoms with E-state index in [1.807, 2.05) is 29.3 Å². The fourth-order valence-electron chi connectivity index (χ4n) is 3.32. The number of H-pyrrole nitrogens is 1. The van der Waals surface area contributed by atoms with Gasteiger partial charge in [-0.15, -0.1) is 11.8 Å². The van der Waals surface area contributed by atoms with E-state index < -0.39 is 0 Å². The molecule has 7 heteroatoms. The topological polar surface area (TPSA) is 75.0 Å². The molecule has 0 aliphatic carbocycles. The van der Waals surface area contributed by atoms with E-state index in [0.29, 0.717) is 29.1 Å². The van der Waals surface area contributed by atoms with E-state index >= 15 is 0 Å². The maximum absolute atomic E-state index is 13.1. The Hall–Kier alpha value is -2.28. The minimum Gasteiger partial charge on any atom is -0.361 e. The van der Waals surface area contributed by atoms with Crippen molar-refractivity contribution in [2.45, 2.75) is 45.9 Å². The third kappa shape index (κ3) is 4.91. The summed E-state index contributed by atoms with van der Waals surface area (Å²) in [6, 6.07) is 8.28. The lowest BCUT2D eigenvalue weighted by atomic mass is 10.0. The van der Waals surface area contributed by atoms with Crippen LogP contribution < -0.4 is 4.90 Å². The van der Waals surface area contributed by atoms with E-state index in [-0.39, 0.29) is 11.9 Å². The number of amides is 1. The highest BCUT2D eigenvalue weighted by molar-refractivity contribution is 7.99. The van der Waals surface area contributed by atoms with Crippen LogP contribution in [0.4, 0.5) is 5.69 Å². The highest BCUT2D eigenvalue weighted by Gasteiger charge is 2.23. The number of aryl methyl sites for hydroxylation is 1. The number of hydrogen-bond donors (Lipinski definition) is 1. The lowest BCUT2D eigenvalue weighted by Gasteiger charge is -2.30. The number of thioether (sulfide) groups is 1. The van der Waals surface area contributed by atoms with Crippen molar-refractivity contribution in [3.63, 3.8) is 0 Å². The summed E-state index contributed by atoms with van der Waals surface area (Å²) in [7, 11) is 0. The molecular formula is C20H26N4O2S. The van der Waals surface area contributed by atoms with Gasteiger partial charge in [-0.05, 0) is 43.5 Å². The van der Waals surface area contributed by atoms with Gasteiger partial charge in [0.25, 0.3) is 0 Å². The van der Waals surface area contributed by atoms with Gasteiger partial charge in [-0.3, -0.25) is 4.79 Å². The normalized spacial score (nSPS) is 12.6. The predicted molar refractivity (Wildman–Crippen MR) is 110 cm³/mol. The van der Waals surface area contributed by atoms with Crippen molar-refractivity contribution < 1.29 is 9.32 Å². The van der Waals surface area contributed by atoms with Gasteiger partial charge in [-0.1, -0.05) is 19.0 Å². The number of benzene rings is 1. The van der Waals surface area contributed by atoms with Gasteiger partial charge in [0, 0.05) is 35.8 Å². The molecule has 0 fully saturated rings. The van der Waals surface area contributed by atoms with Crippen molar-refractivity contribution in [1.82, 2.24) is 15.1 Å². The molecule has 3 aromatic rings. The van der Waals surface area contributed by atoms with Crippen LogP contribution in [0.25, 0.3) is 10.9 Å². The number of anilines is 1. The summed E-state index contributed by atoms with van der Waals surface area (Å²) < 4.78 is 4.98. The number of carbonyl (C=O) groups is 1. The monoisotopic (exact) mass is 386 g/mol. The average Bonchev–Trinajstić information content (AvgIpc) is 3.22. The molecule has 0 saturated carbocycles. The Morgan fingerprint density at radius 2 is 2.11 bits per heavy atom. The predicted octanol–water partition coefficient (Wildman–Crippen LogP) is 4.56. The Labute approximate surface area is 163 Å². The van der Waals surface area contributed by atoms with Gasteiger partial charge in [0.05, 0.1) is 11.5 Å². The van der Waals surface area contributed by atoms with Crippen molar-refractivity contribution in [3.05, 3.63) is 42.2 Å². The lowest BCUT2D eigenvalue weighted by molar-refractivity contribution is -0.116. The van der Waals surface area contributed by atoms with Crippen molar-refractivity contribution >= 4 is 34.3 Å². The quantitative estimate of drug-likeness (QED) is 0.614. The molecule has 27 heavy (non-hydrogen) atoms. The number of rotatable bonds is 8. The maximum Gasteiger partial charge on any atom is 0.237 e. The summed E-state index contributed by atoms with van der Waals surface area (Å²) in [5, 5.41) is 4.99. The average molecular weight is 387 g/mol. The zero-order valence-corrected chi connectivity index (χ0v) is 17.0. The molecule has 1 unspecified atom stereocenters. The van der Waals surface area contributed by atoms with Crippen LogP contribution in [0.5, 0.6) is 0 Å². The number of hydrogen-bond acceptors (Lipinski definition) is 5. The van der Waals surface area contributed by atoms with E-state index in [1.165, 1.54) is 11.8 Å². The fraction of sp³-hybridized carbons (Fsp3) is 0.450. The summed E-state index contributed by atoms with van der Waals surface area (Å²) in [4.78, 5) is 22.4. The molecule has 2 heterocycles. The van der Waals surface area contributed by atoms with Crippen molar-refractivity contribution in [2.24, 2.45) is 5.92 Å². The number of fused-ring (bicyclic) bond motifs is 1. The van der Waals surface area contributed by atoms with Crippen LogP contribution in [0.3, 0.4) is 0 Å². The van der Waals surface area contributed by atoms with Crippen LogP contribution in [0.2, 0.25) is 0 Å². The van der Waals surface area contributed by atoms with Crippen LogP contribution in [0.1, 0.15) is 38.9 Å². The minimum atomic E-state index is 0.100. The Bertz CT molecular complexity index is 902. The van der Waals surface area contributed by atoms with Gasteiger partial charge in [-0.2, -0.15) is 4.98 Å². The molecule has 1 aromatic carbocycles. The molecule has 1 N–H and O–H groups in total. The van der Waals surface area contributed by atoms with Gasteiger partial charge in [0.2, 0.25) is 11.8 Å². The van der Waals surface area contributed by atoms with Crippen molar-refractivity contribution in [2.75, 3.05) is 10.7 Å². The summed E-state index contributed by atoms with van der Waals surface area (Å²) in [5.41, 5.74) is 2.01. The van der Waals surface area contributed by atoms with Crippen molar-refractivity contribution in [1.29, 1.82) is 0 Å². The second kappa shape index (κ2) is 8.61. The molecule has 0 bridgehead atoms. The highest BCUT2D eigenvalue weighted by atomic mass is 32.2. The highest BCUT2D eigenvalue weighted by Crippen LogP contribution is 2.26. The SMILES string of the molecule is Cc1nc(CSCC(=O)N(c2ccc3[nH]ccc3c2)C(C)CC(C)C)no1. The molecule has 3 rings (SSSR count). The minimum absolute atomic E-state index is 0.100. The third-order valence-corrected chi connectivity index (χ3v) is 5.28. The number of carbonyl (C=O) groups excluding carboxylic acids is 1. The Morgan fingerprint density at radius 3 is 2.81 bits per heavy atom. The summed E-state index contributed by atoms with van der Waals surface area (Å²) >= 11 is 1.51. The Kier molecular flexibility index (Phi) is 6.21. The van der Waals surface area contributed by atoms with Crippen LogP contribution in [-0.2, 0) is 10.5 Å². The largest absolute Gasteiger partial charge is 0.361 e. The summed E-state index contributed by atoms with van der Waals surface area (Å²) in [6.45, 7) is 8.24. The molecule has 0 spiro atoms. The van der Waals surface area contributed by atoms with E-state index in [4.69, 9.17) is 4.52 Å². The fourth-order valence-corrected chi connectivity index (χ4v) is 4.04. The molecule has 0 aliphatic rings. The van der Waals surface area contributed by atoms with Gasteiger partial charge in [0.15, 0.2) is 5.82 Å². The van der Waals surface area contributed by atoms with E-state index in [0.717, 1.165) is 23.0 Å². The molecule has 2 aromatic heterocycles. The van der Waals surface area contributed by atoms with Crippen LogP contribution in [0.15, 0.2) is 35.0 Å². The van der Waals surface area contributed by atoms with Gasteiger partial charge in [0.1, 0.15) is 0 Å². The first kappa shape index (κ1) is 19.5. The molecule has 0 radical (unpaired) electrons. The molecular weight excluding hydrogens is 360 g/mol. The van der Waals surface area contributed by atoms with Crippen molar-refractivity contribution in [3.8, 4) is 0 Å². The van der Waals surface area contributed by atoms with E-state index in [2.05, 4.69) is 42.0 Å². The second-order valence-corrected chi connectivity index (χ2v) is 8.20. The van der Waals surface area contributed by atoms with Gasteiger partial charge >= 0.3 is 0 Å². The molecule has 0 aliphatic heterocycles.